The van der Waals surface area contributed by atoms with Crippen LogP contribution in [0, 0.1) is 19.7 Å². The van der Waals surface area contributed by atoms with Crippen LogP contribution in [-0.2, 0) is 11.3 Å². The molecular formula is C23H25FN4O2S. The summed E-state index contributed by atoms with van der Waals surface area (Å²) >= 11 is 1.27. The predicted molar refractivity (Wildman–Crippen MR) is 121 cm³/mol. The Hall–Kier alpha value is -3.13. The molecule has 0 bridgehead atoms. The Bertz CT molecular complexity index is 1070. The molecule has 31 heavy (non-hydrogen) atoms. The summed E-state index contributed by atoms with van der Waals surface area (Å²) < 4.78 is 21.0. The van der Waals surface area contributed by atoms with Gasteiger partial charge in [-0.15, -0.1) is 16.8 Å². The summed E-state index contributed by atoms with van der Waals surface area (Å²) in [6.07, 6.45) is 1.41. The van der Waals surface area contributed by atoms with Gasteiger partial charge in [0.2, 0.25) is 5.91 Å². The van der Waals surface area contributed by atoms with Gasteiger partial charge in [0.1, 0.15) is 11.6 Å². The minimum atomic E-state index is -0.352. The summed E-state index contributed by atoms with van der Waals surface area (Å²) in [4.78, 5) is 12.3. The lowest BCUT2D eigenvalue weighted by atomic mass is 10.1. The third-order valence-electron chi connectivity index (χ3n) is 4.52. The molecule has 0 aliphatic carbocycles. The molecule has 0 fully saturated rings. The Balaban J connectivity index is 1.68. The third-order valence-corrected chi connectivity index (χ3v) is 5.48. The van der Waals surface area contributed by atoms with Crippen molar-refractivity contribution in [3.05, 3.63) is 77.9 Å². The van der Waals surface area contributed by atoms with Gasteiger partial charge >= 0.3 is 0 Å². The molecule has 1 atom stereocenters. The van der Waals surface area contributed by atoms with Crippen LogP contribution in [0.5, 0.6) is 5.75 Å². The summed E-state index contributed by atoms with van der Waals surface area (Å²) in [5.74, 6) is 1.01. The Morgan fingerprint density at radius 2 is 2.00 bits per heavy atom. The number of amides is 1. The first-order chi connectivity index (χ1) is 14.9. The Kier molecular flexibility index (Phi) is 7.46. The maximum absolute atomic E-state index is 13.0. The highest BCUT2D eigenvalue weighted by atomic mass is 32.2. The molecule has 6 nitrogen and oxygen atoms in total. The van der Waals surface area contributed by atoms with Crippen molar-refractivity contribution in [3.8, 4) is 5.75 Å². The van der Waals surface area contributed by atoms with Gasteiger partial charge in [-0.1, -0.05) is 35.5 Å². The Morgan fingerprint density at radius 3 is 2.68 bits per heavy atom. The van der Waals surface area contributed by atoms with E-state index >= 15 is 0 Å². The van der Waals surface area contributed by atoms with E-state index in [-0.39, 0.29) is 23.6 Å². The molecule has 0 aliphatic rings. The maximum atomic E-state index is 13.0. The number of thioether (sulfide) groups is 1. The number of carbonyl (C=O) groups is 1. The van der Waals surface area contributed by atoms with Crippen LogP contribution in [0.2, 0.25) is 0 Å². The van der Waals surface area contributed by atoms with Gasteiger partial charge in [-0.05, 0) is 56.7 Å². The van der Waals surface area contributed by atoms with Gasteiger partial charge in [0.25, 0.3) is 0 Å². The number of nitrogens with zero attached hydrogens (tertiary/aromatic N) is 3. The number of benzene rings is 2. The topological polar surface area (TPSA) is 69.0 Å². The van der Waals surface area contributed by atoms with Gasteiger partial charge in [-0.3, -0.25) is 9.36 Å². The van der Waals surface area contributed by atoms with Crippen LogP contribution in [0.15, 0.2) is 60.3 Å². The normalized spacial score (nSPS) is 11.7. The molecule has 0 aliphatic heterocycles. The molecule has 1 N–H and O–H groups in total. The molecule has 3 aromatic rings. The van der Waals surface area contributed by atoms with E-state index in [9.17, 15) is 9.18 Å². The molecule has 162 valence electrons. The molecule has 2 aromatic carbocycles. The van der Waals surface area contributed by atoms with Crippen LogP contribution in [0.25, 0.3) is 0 Å². The van der Waals surface area contributed by atoms with E-state index in [4.69, 9.17) is 4.74 Å². The van der Waals surface area contributed by atoms with Gasteiger partial charge in [-0.25, -0.2) is 4.39 Å². The molecule has 1 amide bonds. The summed E-state index contributed by atoms with van der Waals surface area (Å²) in [7, 11) is 0. The lowest BCUT2D eigenvalue weighted by Crippen LogP contribution is -2.15. The molecule has 0 saturated carbocycles. The van der Waals surface area contributed by atoms with Gasteiger partial charge < -0.3 is 10.1 Å². The number of aryl methyl sites for hydroxylation is 2. The van der Waals surface area contributed by atoms with E-state index in [1.165, 1.54) is 41.6 Å². The van der Waals surface area contributed by atoms with Crippen molar-refractivity contribution >= 4 is 23.4 Å². The van der Waals surface area contributed by atoms with E-state index in [2.05, 4.69) is 28.2 Å². The van der Waals surface area contributed by atoms with Crippen molar-refractivity contribution in [3.63, 3.8) is 0 Å². The number of hydrogen-bond donors (Lipinski definition) is 1. The second kappa shape index (κ2) is 10.3. The lowest BCUT2D eigenvalue weighted by molar-refractivity contribution is -0.113. The first-order valence-corrected chi connectivity index (χ1v) is 10.8. The number of nitrogens with one attached hydrogen (secondary N) is 1. The molecule has 0 spiro atoms. The van der Waals surface area contributed by atoms with E-state index in [1.54, 1.807) is 6.08 Å². The number of hydrogen-bond acceptors (Lipinski definition) is 5. The fourth-order valence-corrected chi connectivity index (χ4v) is 3.80. The highest BCUT2D eigenvalue weighted by Crippen LogP contribution is 2.27. The maximum Gasteiger partial charge on any atom is 0.234 e. The zero-order chi connectivity index (χ0) is 22.4. The number of carbonyl (C=O) groups excluding carboxylic acids is 1. The van der Waals surface area contributed by atoms with Crippen LogP contribution in [0.3, 0.4) is 0 Å². The molecular weight excluding hydrogens is 415 g/mol. The SMILES string of the molecule is C=CCn1c(SCC(=O)Nc2ccc(F)cc2)nnc1C(C)Oc1ccc(C)cc1C. The van der Waals surface area contributed by atoms with Crippen LogP contribution in [0.4, 0.5) is 10.1 Å². The average Bonchev–Trinajstić information content (AvgIpc) is 3.13. The molecule has 1 aromatic heterocycles. The van der Waals surface area contributed by atoms with Crippen LogP contribution in [0.1, 0.15) is 30.0 Å². The zero-order valence-corrected chi connectivity index (χ0v) is 18.6. The Labute approximate surface area is 185 Å². The lowest BCUT2D eigenvalue weighted by Gasteiger charge is -2.17. The fourth-order valence-electron chi connectivity index (χ4n) is 3.04. The second-order valence-corrected chi connectivity index (χ2v) is 8.06. The zero-order valence-electron chi connectivity index (χ0n) is 17.8. The first kappa shape index (κ1) is 22.6. The molecule has 3 rings (SSSR count). The van der Waals surface area contributed by atoms with Crippen molar-refractivity contribution in [2.24, 2.45) is 0 Å². The minimum absolute atomic E-state index is 0.138. The van der Waals surface area contributed by atoms with Crippen molar-refractivity contribution in [1.29, 1.82) is 0 Å². The van der Waals surface area contributed by atoms with E-state index in [1.807, 2.05) is 37.5 Å². The van der Waals surface area contributed by atoms with Gasteiger partial charge in [0, 0.05) is 12.2 Å². The fraction of sp³-hybridized carbons (Fsp3) is 0.261. The second-order valence-electron chi connectivity index (χ2n) is 7.11. The van der Waals surface area contributed by atoms with Gasteiger partial charge in [-0.2, -0.15) is 0 Å². The molecule has 1 heterocycles. The number of rotatable bonds is 9. The number of halogens is 1. The van der Waals surface area contributed by atoms with Gasteiger partial charge in [0.15, 0.2) is 17.1 Å². The average molecular weight is 441 g/mol. The highest BCUT2D eigenvalue weighted by molar-refractivity contribution is 7.99. The number of aromatic nitrogens is 3. The summed E-state index contributed by atoms with van der Waals surface area (Å²) in [6, 6.07) is 11.7. The molecule has 0 radical (unpaired) electrons. The van der Waals surface area contributed by atoms with Crippen molar-refractivity contribution in [1.82, 2.24) is 14.8 Å². The van der Waals surface area contributed by atoms with E-state index in [0.717, 1.165) is 11.3 Å². The smallest absolute Gasteiger partial charge is 0.234 e. The first-order valence-electron chi connectivity index (χ1n) is 9.83. The van der Waals surface area contributed by atoms with Crippen LogP contribution in [-0.4, -0.2) is 26.4 Å². The number of allylic oxidation sites excluding steroid dienone is 1. The van der Waals surface area contributed by atoms with E-state index < -0.39 is 0 Å². The van der Waals surface area contributed by atoms with Crippen LogP contribution < -0.4 is 10.1 Å². The third kappa shape index (κ3) is 5.95. The standard InChI is InChI=1S/C23H25FN4O2S/c1-5-12-28-22(17(4)30-20-11-6-15(2)13-16(20)3)26-27-23(28)31-14-21(29)25-19-9-7-18(24)8-10-19/h5-11,13,17H,1,12,14H2,2-4H3,(H,25,29). The molecule has 1 unspecified atom stereocenters. The predicted octanol–water partition coefficient (Wildman–Crippen LogP) is 5.09. The summed E-state index contributed by atoms with van der Waals surface area (Å²) in [5, 5.41) is 11.9. The number of ether oxygens (including phenoxy) is 1. The monoisotopic (exact) mass is 440 g/mol. The summed E-state index contributed by atoms with van der Waals surface area (Å²) in [6.45, 7) is 10.3. The van der Waals surface area contributed by atoms with Gasteiger partial charge in [0.05, 0.1) is 5.75 Å². The molecule has 0 saturated heterocycles. The van der Waals surface area contributed by atoms with Crippen molar-refractivity contribution in [2.45, 2.75) is 38.6 Å². The Morgan fingerprint density at radius 1 is 1.26 bits per heavy atom. The summed E-state index contributed by atoms with van der Waals surface area (Å²) in [5.41, 5.74) is 2.76. The van der Waals surface area contributed by atoms with Crippen molar-refractivity contribution < 1.29 is 13.9 Å². The quantitative estimate of drug-likeness (QED) is 0.371. The number of anilines is 1. The van der Waals surface area contributed by atoms with Crippen molar-refractivity contribution in [2.75, 3.05) is 11.1 Å². The highest BCUT2D eigenvalue weighted by Gasteiger charge is 2.20. The van der Waals surface area contributed by atoms with Crippen LogP contribution >= 0.6 is 11.8 Å². The largest absolute Gasteiger partial charge is 0.482 e. The van der Waals surface area contributed by atoms with E-state index in [0.29, 0.717) is 23.2 Å². The minimum Gasteiger partial charge on any atom is -0.482 e. The molecule has 8 heteroatoms.